The Labute approximate surface area is 182 Å². The molecule has 164 valence electrons. The Morgan fingerprint density at radius 1 is 1.03 bits per heavy atom. The minimum Gasteiger partial charge on any atom is -0.342 e. The summed E-state index contributed by atoms with van der Waals surface area (Å²) in [5.41, 5.74) is 5.65. The predicted molar refractivity (Wildman–Crippen MR) is 118 cm³/mol. The molecule has 4 N–H and O–H groups in total. The highest BCUT2D eigenvalue weighted by Gasteiger charge is 2.26. The molecule has 0 aliphatic carbocycles. The second-order valence-corrected chi connectivity index (χ2v) is 8.84. The van der Waals surface area contributed by atoms with Gasteiger partial charge in [-0.3, -0.25) is 9.59 Å². The molecule has 1 aliphatic rings. The zero-order valence-corrected chi connectivity index (χ0v) is 18.2. The first-order valence-corrected chi connectivity index (χ1v) is 11.2. The molecule has 8 nitrogen and oxygen atoms in total. The van der Waals surface area contributed by atoms with E-state index in [1.807, 2.05) is 24.3 Å². The summed E-state index contributed by atoms with van der Waals surface area (Å²) in [6.45, 7) is 0.789. The monoisotopic (exact) mass is 454 g/mol. The summed E-state index contributed by atoms with van der Waals surface area (Å²) in [6, 6.07) is 11.3. The highest BCUT2D eigenvalue weighted by molar-refractivity contribution is 7.89. The van der Waals surface area contributed by atoms with Gasteiger partial charge in [-0.15, -0.1) is 12.4 Å². The molecule has 0 bridgehead atoms. The maximum Gasteiger partial charge on any atom is 0.246 e. The number of hydrogen-bond donors (Lipinski definition) is 3. The Morgan fingerprint density at radius 2 is 1.70 bits per heavy atom. The van der Waals surface area contributed by atoms with Gasteiger partial charge in [0.25, 0.3) is 0 Å². The average Bonchev–Trinajstić information content (AvgIpc) is 2.76. The molecule has 1 aliphatic heterocycles. The molecule has 0 spiro atoms. The Hall–Kier alpha value is -2.20. The maximum absolute atomic E-state index is 12.5. The number of halogens is 1. The van der Waals surface area contributed by atoms with E-state index in [2.05, 4.69) is 10.0 Å². The molecule has 0 saturated carbocycles. The minimum absolute atomic E-state index is 0. The van der Waals surface area contributed by atoms with Gasteiger partial charge in [-0.2, -0.15) is 0 Å². The zero-order valence-electron chi connectivity index (χ0n) is 16.5. The highest BCUT2D eigenvalue weighted by atomic mass is 35.5. The third kappa shape index (κ3) is 5.91. The number of sulfonamides is 1. The molecule has 0 aromatic heterocycles. The van der Waals surface area contributed by atoms with Crippen molar-refractivity contribution in [2.24, 2.45) is 5.73 Å². The van der Waals surface area contributed by atoms with Gasteiger partial charge in [0.2, 0.25) is 21.8 Å². The molecular weight excluding hydrogens is 428 g/mol. The summed E-state index contributed by atoms with van der Waals surface area (Å²) in [7, 11) is -3.87. The third-order valence-corrected chi connectivity index (χ3v) is 6.39. The Morgan fingerprint density at radius 3 is 2.37 bits per heavy atom. The first-order valence-electron chi connectivity index (χ1n) is 9.67. The van der Waals surface area contributed by atoms with Gasteiger partial charge < -0.3 is 16.0 Å². The molecule has 2 aromatic rings. The number of nitrogens with zero attached hydrogens (tertiary/aromatic N) is 1. The fourth-order valence-corrected chi connectivity index (χ4v) is 4.40. The number of fused-ring (bicyclic) bond motifs is 1. The van der Waals surface area contributed by atoms with Gasteiger partial charge in [0.05, 0.1) is 11.4 Å². The van der Waals surface area contributed by atoms with Crippen molar-refractivity contribution < 1.29 is 18.0 Å². The van der Waals surface area contributed by atoms with Gasteiger partial charge in [0, 0.05) is 19.6 Å². The third-order valence-electron chi connectivity index (χ3n) is 4.99. The van der Waals surface area contributed by atoms with E-state index in [1.54, 1.807) is 17.0 Å². The second-order valence-electron chi connectivity index (χ2n) is 7.08. The normalized spacial score (nSPS) is 15.3. The van der Waals surface area contributed by atoms with E-state index < -0.39 is 28.5 Å². The maximum atomic E-state index is 12.5. The summed E-state index contributed by atoms with van der Waals surface area (Å²) in [4.78, 5) is 26.5. The summed E-state index contributed by atoms with van der Waals surface area (Å²) < 4.78 is 27.3. The summed E-state index contributed by atoms with van der Waals surface area (Å²) >= 11 is 0. The van der Waals surface area contributed by atoms with Gasteiger partial charge >= 0.3 is 0 Å². The lowest BCUT2D eigenvalue weighted by Crippen LogP contribution is -2.54. The van der Waals surface area contributed by atoms with Crippen molar-refractivity contribution in [3.8, 4) is 0 Å². The van der Waals surface area contributed by atoms with Gasteiger partial charge in [0.15, 0.2) is 0 Å². The van der Waals surface area contributed by atoms with E-state index in [-0.39, 0.29) is 29.8 Å². The standard InChI is InChI=1S/C20H26N4O4S.ClH/c21-13-18(20(26)24-10-4-1-5-11-24)23-19(25)14-22-29(27,28)17-9-8-15-6-2-3-7-16(15)12-17;/h2-3,6-9,12,18,22H,1,4-5,10-11,13-14,21H2,(H,23,25);1H. The topological polar surface area (TPSA) is 122 Å². The Kier molecular flexibility index (Phi) is 8.60. The number of likely N-dealkylation sites (tertiary alicyclic amines) is 1. The summed E-state index contributed by atoms with van der Waals surface area (Å²) in [6.07, 6.45) is 2.95. The van der Waals surface area contributed by atoms with Crippen LogP contribution < -0.4 is 15.8 Å². The molecule has 0 radical (unpaired) electrons. The molecule has 30 heavy (non-hydrogen) atoms. The minimum atomic E-state index is -3.87. The number of rotatable bonds is 7. The van der Waals surface area contributed by atoms with E-state index in [4.69, 9.17) is 5.73 Å². The van der Waals surface area contributed by atoms with Crippen molar-refractivity contribution in [1.29, 1.82) is 0 Å². The number of benzene rings is 2. The van der Waals surface area contributed by atoms with Crippen LogP contribution >= 0.6 is 12.4 Å². The van der Waals surface area contributed by atoms with Crippen molar-refractivity contribution in [2.75, 3.05) is 26.2 Å². The lowest BCUT2D eigenvalue weighted by Gasteiger charge is -2.30. The number of hydrogen-bond acceptors (Lipinski definition) is 5. The number of nitrogens with two attached hydrogens (primary N) is 1. The summed E-state index contributed by atoms with van der Waals surface area (Å²) in [5.74, 6) is -0.826. The molecule has 1 atom stereocenters. The number of nitrogens with one attached hydrogen (secondary N) is 2. The molecule has 1 fully saturated rings. The van der Waals surface area contributed by atoms with E-state index in [1.165, 1.54) is 6.07 Å². The quantitative estimate of drug-likeness (QED) is 0.576. The van der Waals surface area contributed by atoms with E-state index in [0.717, 1.165) is 30.0 Å². The van der Waals surface area contributed by atoms with Crippen LogP contribution in [0, 0.1) is 0 Å². The van der Waals surface area contributed by atoms with Crippen LogP contribution in [-0.4, -0.2) is 57.4 Å². The lowest BCUT2D eigenvalue weighted by molar-refractivity contribution is -0.136. The Balaban J connectivity index is 0.00000320. The molecule has 2 amide bonds. The van der Waals surface area contributed by atoms with Crippen molar-refractivity contribution in [2.45, 2.75) is 30.2 Å². The van der Waals surface area contributed by atoms with Crippen LogP contribution in [0.4, 0.5) is 0 Å². The fourth-order valence-electron chi connectivity index (χ4n) is 3.38. The first-order chi connectivity index (χ1) is 13.9. The molecule has 1 unspecified atom stereocenters. The van der Waals surface area contributed by atoms with Gasteiger partial charge in [-0.1, -0.05) is 30.3 Å². The molecular formula is C20H27ClN4O4S. The van der Waals surface area contributed by atoms with E-state index in [9.17, 15) is 18.0 Å². The number of carbonyl (C=O) groups is 2. The molecule has 1 saturated heterocycles. The smallest absolute Gasteiger partial charge is 0.246 e. The highest BCUT2D eigenvalue weighted by Crippen LogP contribution is 2.18. The van der Waals surface area contributed by atoms with Crippen LogP contribution in [0.1, 0.15) is 19.3 Å². The van der Waals surface area contributed by atoms with Gasteiger partial charge in [-0.05, 0) is 42.2 Å². The predicted octanol–water partition coefficient (Wildman–Crippen LogP) is 0.996. The van der Waals surface area contributed by atoms with Gasteiger partial charge in [-0.25, -0.2) is 13.1 Å². The SMILES string of the molecule is Cl.NCC(NC(=O)CNS(=O)(=O)c1ccc2ccccc2c1)C(=O)N1CCCCC1. The molecule has 1 heterocycles. The largest absolute Gasteiger partial charge is 0.342 e. The average molecular weight is 455 g/mol. The van der Waals surface area contributed by atoms with Crippen molar-refractivity contribution in [1.82, 2.24) is 14.9 Å². The van der Waals surface area contributed by atoms with E-state index in [0.29, 0.717) is 13.1 Å². The van der Waals surface area contributed by atoms with Crippen LogP contribution in [-0.2, 0) is 19.6 Å². The summed E-state index contributed by atoms with van der Waals surface area (Å²) in [5, 5.41) is 4.24. The Bertz CT molecular complexity index is 993. The fraction of sp³-hybridized carbons (Fsp3) is 0.400. The number of carbonyl (C=O) groups excluding carboxylic acids is 2. The van der Waals surface area contributed by atoms with Crippen LogP contribution in [0.25, 0.3) is 10.8 Å². The van der Waals surface area contributed by atoms with E-state index >= 15 is 0 Å². The van der Waals surface area contributed by atoms with Crippen molar-refractivity contribution >= 4 is 45.0 Å². The number of piperidine rings is 1. The molecule has 10 heteroatoms. The van der Waals surface area contributed by atoms with Crippen LogP contribution in [0.5, 0.6) is 0 Å². The number of amides is 2. The van der Waals surface area contributed by atoms with Crippen LogP contribution in [0.15, 0.2) is 47.4 Å². The second kappa shape index (κ2) is 10.7. The molecule has 3 rings (SSSR count). The first kappa shape index (κ1) is 24.1. The zero-order chi connectivity index (χ0) is 20.9. The van der Waals surface area contributed by atoms with Crippen molar-refractivity contribution in [3.05, 3.63) is 42.5 Å². The van der Waals surface area contributed by atoms with Crippen molar-refractivity contribution in [3.63, 3.8) is 0 Å². The van der Waals surface area contributed by atoms with Gasteiger partial charge in [0.1, 0.15) is 6.04 Å². The van der Waals surface area contributed by atoms with Crippen LogP contribution in [0.3, 0.4) is 0 Å². The molecule has 2 aromatic carbocycles. The lowest BCUT2D eigenvalue weighted by atomic mass is 10.1. The van der Waals surface area contributed by atoms with Crippen LogP contribution in [0.2, 0.25) is 0 Å².